The molecule has 0 radical (unpaired) electrons. The molecule has 0 aromatic carbocycles. The molecule has 0 aromatic heterocycles. The first-order chi connectivity index (χ1) is 7.99. The number of alkyl halides is 1. The molecule has 98 valence electrons. The van der Waals surface area contributed by atoms with Crippen LogP contribution in [0.15, 0.2) is 0 Å². The van der Waals surface area contributed by atoms with Crippen molar-refractivity contribution >= 4 is 23.5 Å². The highest BCUT2D eigenvalue weighted by atomic mass is 35.5. The van der Waals surface area contributed by atoms with Crippen LogP contribution in [-0.4, -0.2) is 23.4 Å². The van der Waals surface area contributed by atoms with E-state index >= 15 is 0 Å². The molecule has 1 fully saturated rings. The van der Waals surface area contributed by atoms with Gasteiger partial charge in [0.05, 0.1) is 0 Å². The van der Waals surface area contributed by atoms with Gasteiger partial charge in [-0.3, -0.25) is 10.1 Å². The molecule has 0 bridgehead atoms. The zero-order valence-electron chi connectivity index (χ0n) is 10.5. The van der Waals surface area contributed by atoms with Gasteiger partial charge in [0.2, 0.25) is 5.91 Å². The first kappa shape index (κ1) is 14.3. The summed E-state index contributed by atoms with van der Waals surface area (Å²) in [7, 11) is 0. The van der Waals surface area contributed by atoms with E-state index in [0.717, 1.165) is 31.6 Å². The van der Waals surface area contributed by atoms with Crippen LogP contribution in [0.2, 0.25) is 0 Å². The van der Waals surface area contributed by atoms with E-state index in [9.17, 15) is 9.59 Å². The van der Waals surface area contributed by atoms with Crippen LogP contribution < -0.4 is 10.6 Å². The molecule has 1 aliphatic rings. The predicted molar refractivity (Wildman–Crippen MR) is 68.0 cm³/mol. The maximum Gasteiger partial charge on any atom is 0.321 e. The second-order valence-electron chi connectivity index (χ2n) is 4.89. The second-order valence-corrected chi connectivity index (χ2v) is 5.54. The van der Waals surface area contributed by atoms with Crippen molar-refractivity contribution in [2.24, 2.45) is 5.92 Å². The molecule has 0 aliphatic heterocycles. The van der Waals surface area contributed by atoms with Gasteiger partial charge in [-0.1, -0.05) is 19.8 Å². The minimum absolute atomic E-state index is 0.179. The van der Waals surface area contributed by atoms with E-state index in [1.54, 1.807) is 0 Å². The number of hydrogen-bond acceptors (Lipinski definition) is 2. The smallest absolute Gasteiger partial charge is 0.321 e. The summed E-state index contributed by atoms with van der Waals surface area (Å²) >= 11 is 5.57. The van der Waals surface area contributed by atoms with Gasteiger partial charge >= 0.3 is 6.03 Å². The molecule has 0 saturated heterocycles. The molecule has 17 heavy (non-hydrogen) atoms. The Kier molecular flexibility index (Phi) is 5.75. The number of carbonyl (C=O) groups excluding carboxylic acids is 2. The van der Waals surface area contributed by atoms with Crippen molar-refractivity contribution < 1.29 is 9.59 Å². The predicted octanol–water partition coefficient (Wildman–Crippen LogP) is 2.41. The van der Waals surface area contributed by atoms with Crippen LogP contribution >= 0.6 is 11.6 Å². The molecule has 1 aliphatic carbocycles. The van der Waals surface area contributed by atoms with E-state index in [4.69, 9.17) is 11.6 Å². The van der Waals surface area contributed by atoms with Gasteiger partial charge in [-0.25, -0.2) is 4.79 Å². The van der Waals surface area contributed by atoms with E-state index in [1.165, 1.54) is 13.3 Å². The van der Waals surface area contributed by atoms with Crippen LogP contribution in [0.25, 0.3) is 0 Å². The maximum atomic E-state index is 11.5. The SMILES string of the molecule is CC1CCCC(NC(=O)NC(=O)C(C)Cl)CC1. The summed E-state index contributed by atoms with van der Waals surface area (Å²) in [4.78, 5) is 22.7. The number of carbonyl (C=O) groups is 2. The summed E-state index contributed by atoms with van der Waals surface area (Å²) < 4.78 is 0. The van der Waals surface area contributed by atoms with Gasteiger partial charge in [0, 0.05) is 6.04 Å². The summed E-state index contributed by atoms with van der Waals surface area (Å²) in [5.41, 5.74) is 0. The molecular weight excluding hydrogens is 240 g/mol. The molecule has 0 spiro atoms. The highest BCUT2D eigenvalue weighted by Crippen LogP contribution is 2.22. The summed E-state index contributed by atoms with van der Waals surface area (Å²) in [5, 5.41) is 4.39. The minimum atomic E-state index is -0.685. The molecule has 2 N–H and O–H groups in total. The second kappa shape index (κ2) is 6.84. The number of imide groups is 1. The lowest BCUT2D eigenvalue weighted by Gasteiger charge is -2.16. The maximum absolute atomic E-state index is 11.5. The molecule has 5 heteroatoms. The van der Waals surface area contributed by atoms with Crippen LogP contribution in [0.1, 0.15) is 46.0 Å². The van der Waals surface area contributed by atoms with Crippen molar-refractivity contribution in [1.82, 2.24) is 10.6 Å². The Morgan fingerprint density at radius 2 is 1.94 bits per heavy atom. The van der Waals surface area contributed by atoms with Gasteiger partial charge in [-0.15, -0.1) is 11.6 Å². The fraction of sp³-hybridized carbons (Fsp3) is 0.833. The van der Waals surface area contributed by atoms with Gasteiger partial charge in [-0.05, 0) is 32.1 Å². The number of hydrogen-bond donors (Lipinski definition) is 2. The van der Waals surface area contributed by atoms with Crippen molar-refractivity contribution in [3.63, 3.8) is 0 Å². The lowest BCUT2D eigenvalue weighted by Crippen LogP contribution is -2.46. The van der Waals surface area contributed by atoms with E-state index in [-0.39, 0.29) is 6.04 Å². The van der Waals surface area contributed by atoms with Crippen LogP contribution in [-0.2, 0) is 4.79 Å². The third kappa shape index (κ3) is 5.39. The van der Waals surface area contributed by atoms with Crippen LogP contribution in [0, 0.1) is 5.92 Å². The van der Waals surface area contributed by atoms with Crippen LogP contribution in [0.3, 0.4) is 0 Å². The number of urea groups is 1. The summed E-state index contributed by atoms with van der Waals surface area (Å²) in [6.07, 6.45) is 5.45. The number of halogens is 1. The minimum Gasteiger partial charge on any atom is -0.335 e. The first-order valence-electron chi connectivity index (χ1n) is 6.24. The molecule has 3 atom stereocenters. The zero-order chi connectivity index (χ0) is 12.8. The van der Waals surface area contributed by atoms with Crippen molar-refractivity contribution in [3.8, 4) is 0 Å². The largest absolute Gasteiger partial charge is 0.335 e. The van der Waals surface area contributed by atoms with Crippen molar-refractivity contribution in [3.05, 3.63) is 0 Å². The highest BCUT2D eigenvalue weighted by molar-refractivity contribution is 6.31. The Hall–Kier alpha value is -0.770. The zero-order valence-corrected chi connectivity index (χ0v) is 11.2. The molecule has 0 aromatic rings. The van der Waals surface area contributed by atoms with Crippen molar-refractivity contribution in [2.75, 3.05) is 0 Å². The fourth-order valence-electron chi connectivity index (χ4n) is 2.06. The van der Waals surface area contributed by atoms with Crippen molar-refractivity contribution in [1.29, 1.82) is 0 Å². The highest BCUT2D eigenvalue weighted by Gasteiger charge is 2.19. The molecule has 1 rings (SSSR count). The third-order valence-electron chi connectivity index (χ3n) is 3.19. The van der Waals surface area contributed by atoms with E-state index < -0.39 is 17.3 Å². The molecule has 0 heterocycles. The Morgan fingerprint density at radius 1 is 1.24 bits per heavy atom. The van der Waals surface area contributed by atoms with E-state index in [1.807, 2.05) is 0 Å². The molecule has 1 saturated carbocycles. The lowest BCUT2D eigenvalue weighted by atomic mass is 10.0. The molecule has 3 unspecified atom stereocenters. The van der Waals surface area contributed by atoms with Crippen LogP contribution in [0.5, 0.6) is 0 Å². The summed E-state index contributed by atoms with van der Waals surface area (Å²) in [6, 6.07) is -0.250. The Balaban J connectivity index is 2.32. The average molecular weight is 261 g/mol. The normalized spacial score (nSPS) is 26.8. The Bertz CT molecular complexity index is 282. The number of amides is 3. The Morgan fingerprint density at radius 3 is 2.59 bits per heavy atom. The number of rotatable bonds is 2. The fourth-order valence-corrected chi connectivity index (χ4v) is 2.12. The van der Waals surface area contributed by atoms with Gasteiger partial charge < -0.3 is 5.32 Å². The Labute approximate surface area is 107 Å². The monoisotopic (exact) mass is 260 g/mol. The summed E-state index contributed by atoms with van der Waals surface area (Å²) in [6.45, 7) is 3.78. The quantitative estimate of drug-likeness (QED) is 0.592. The van der Waals surface area contributed by atoms with Gasteiger partial charge in [0.25, 0.3) is 0 Å². The van der Waals surface area contributed by atoms with Gasteiger partial charge in [-0.2, -0.15) is 0 Å². The standard InChI is InChI=1S/C12H21ClN2O2/c1-8-4-3-5-10(7-6-8)14-12(17)15-11(16)9(2)13/h8-10H,3-7H2,1-2H3,(H2,14,15,16,17). The lowest BCUT2D eigenvalue weighted by molar-refractivity contribution is -0.119. The first-order valence-corrected chi connectivity index (χ1v) is 6.68. The topological polar surface area (TPSA) is 58.2 Å². The average Bonchev–Trinajstić information content (AvgIpc) is 2.43. The van der Waals surface area contributed by atoms with E-state index in [0.29, 0.717) is 0 Å². The number of nitrogens with one attached hydrogen (secondary N) is 2. The molecule has 3 amide bonds. The van der Waals surface area contributed by atoms with Gasteiger partial charge in [0.1, 0.15) is 5.38 Å². The van der Waals surface area contributed by atoms with Gasteiger partial charge in [0.15, 0.2) is 0 Å². The van der Waals surface area contributed by atoms with Crippen LogP contribution in [0.4, 0.5) is 4.79 Å². The summed E-state index contributed by atoms with van der Waals surface area (Å²) in [5.74, 6) is 0.278. The molecule has 4 nitrogen and oxygen atoms in total. The van der Waals surface area contributed by atoms with Crippen molar-refractivity contribution in [2.45, 2.75) is 57.4 Å². The van der Waals surface area contributed by atoms with E-state index in [2.05, 4.69) is 17.6 Å². The molecular formula is C12H21ClN2O2. The third-order valence-corrected chi connectivity index (χ3v) is 3.39.